The third-order valence-corrected chi connectivity index (χ3v) is 2.40. The van der Waals surface area contributed by atoms with Gasteiger partial charge in [0.2, 0.25) is 0 Å². The van der Waals surface area contributed by atoms with Gasteiger partial charge in [-0.3, -0.25) is 9.59 Å². The Morgan fingerprint density at radius 2 is 1.71 bits per heavy atom. The molecule has 1 rings (SSSR count). The van der Waals surface area contributed by atoms with Crippen molar-refractivity contribution in [3.8, 4) is 12.1 Å². The van der Waals surface area contributed by atoms with E-state index >= 15 is 0 Å². The van der Waals surface area contributed by atoms with E-state index in [0.29, 0.717) is 26.2 Å². The van der Waals surface area contributed by atoms with Crippen molar-refractivity contribution < 1.29 is 9.59 Å². The molecule has 1 saturated heterocycles. The molecule has 0 spiro atoms. The highest BCUT2D eigenvalue weighted by atomic mass is 16.2. The molecular weight excluding hydrogens is 222 g/mol. The van der Waals surface area contributed by atoms with Crippen molar-refractivity contribution in [3.05, 3.63) is 0 Å². The van der Waals surface area contributed by atoms with Gasteiger partial charge in [-0.05, 0) is 0 Å². The Morgan fingerprint density at radius 3 is 2.18 bits per heavy atom. The number of piperazine rings is 1. The predicted molar refractivity (Wildman–Crippen MR) is 57.3 cm³/mol. The summed E-state index contributed by atoms with van der Waals surface area (Å²) in [4.78, 5) is 25.9. The van der Waals surface area contributed by atoms with Crippen LogP contribution in [0.5, 0.6) is 0 Å². The van der Waals surface area contributed by atoms with Gasteiger partial charge in [-0.15, -0.1) is 0 Å². The summed E-state index contributed by atoms with van der Waals surface area (Å²) in [6, 6.07) is 3.52. The Kier molecular flexibility index (Phi) is 4.92. The number of nitrogens with zero attached hydrogens (tertiary/aromatic N) is 4. The fourth-order valence-corrected chi connectivity index (χ4v) is 1.51. The molecule has 7 nitrogen and oxygen atoms in total. The normalized spacial score (nSPS) is 14.6. The molecule has 1 heterocycles. The number of carbonyl (C=O) groups excluding carboxylic acids is 2. The minimum Gasteiger partial charge on any atom is -0.332 e. The second-order valence-corrected chi connectivity index (χ2v) is 3.52. The molecule has 2 amide bonds. The maximum absolute atomic E-state index is 11.8. The van der Waals surface area contributed by atoms with Crippen LogP contribution in [0.15, 0.2) is 0 Å². The molecular formula is C10H13N5O2. The Bertz CT molecular complexity index is 359. The first-order valence-corrected chi connectivity index (χ1v) is 5.23. The summed E-state index contributed by atoms with van der Waals surface area (Å²) in [6.45, 7) is 1.74. The van der Waals surface area contributed by atoms with Gasteiger partial charge >= 0.3 is 11.8 Å². The Morgan fingerprint density at radius 1 is 1.18 bits per heavy atom. The van der Waals surface area contributed by atoms with Crippen LogP contribution in [0.4, 0.5) is 0 Å². The number of hydrogen-bond acceptors (Lipinski definition) is 5. The molecule has 7 heteroatoms. The van der Waals surface area contributed by atoms with Crippen LogP contribution >= 0.6 is 0 Å². The highest BCUT2D eigenvalue weighted by molar-refractivity contribution is 6.35. The monoisotopic (exact) mass is 235 g/mol. The van der Waals surface area contributed by atoms with Gasteiger partial charge in [-0.25, -0.2) is 0 Å². The molecule has 0 aliphatic carbocycles. The number of amides is 2. The summed E-state index contributed by atoms with van der Waals surface area (Å²) >= 11 is 0. The standard InChI is InChI=1S/C10H13N5O2/c11-1-5-14(6-2-12)9(16)10(17)15-7-3-13-4-8-15/h13H,3-8H2. The SMILES string of the molecule is N#CCN(CC#N)C(=O)C(=O)N1CCNCC1. The quantitative estimate of drug-likeness (QED) is 0.454. The van der Waals surface area contributed by atoms with Crippen LogP contribution in [0.2, 0.25) is 0 Å². The molecule has 0 aromatic carbocycles. The van der Waals surface area contributed by atoms with E-state index in [4.69, 9.17) is 10.5 Å². The van der Waals surface area contributed by atoms with Gasteiger partial charge in [0, 0.05) is 26.2 Å². The van der Waals surface area contributed by atoms with Crippen LogP contribution in [-0.2, 0) is 9.59 Å². The summed E-state index contributed by atoms with van der Waals surface area (Å²) in [6.07, 6.45) is 0. The first-order chi connectivity index (χ1) is 8.20. The third kappa shape index (κ3) is 3.44. The minimum absolute atomic E-state index is 0.246. The summed E-state index contributed by atoms with van der Waals surface area (Å²) < 4.78 is 0. The maximum Gasteiger partial charge on any atom is 0.313 e. The average molecular weight is 235 g/mol. The maximum atomic E-state index is 11.8. The Hall–Kier alpha value is -2.12. The first-order valence-electron chi connectivity index (χ1n) is 5.23. The summed E-state index contributed by atoms with van der Waals surface area (Å²) in [7, 11) is 0. The molecule has 1 aliphatic rings. The van der Waals surface area contributed by atoms with E-state index in [1.807, 2.05) is 0 Å². The smallest absolute Gasteiger partial charge is 0.313 e. The molecule has 1 fully saturated rings. The van der Waals surface area contributed by atoms with Crippen molar-refractivity contribution in [1.29, 1.82) is 10.5 Å². The molecule has 90 valence electrons. The fourth-order valence-electron chi connectivity index (χ4n) is 1.51. The molecule has 0 aromatic rings. The van der Waals surface area contributed by atoms with Crippen LogP contribution in [0, 0.1) is 22.7 Å². The largest absolute Gasteiger partial charge is 0.332 e. The summed E-state index contributed by atoms with van der Waals surface area (Å²) in [5, 5.41) is 20.1. The highest BCUT2D eigenvalue weighted by Gasteiger charge is 2.27. The van der Waals surface area contributed by atoms with Gasteiger partial charge in [-0.1, -0.05) is 0 Å². The number of rotatable bonds is 2. The zero-order valence-corrected chi connectivity index (χ0v) is 9.35. The second kappa shape index (κ2) is 6.46. The lowest BCUT2D eigenvalue weighted by molar-refractivity contribution is -0.151. The molecule has 17 heavy (non-hydrogen) atoms. The van der Waals surface area contributed by atoms with Gasteiger partial charge in [0.05, 0.1) is 12.1 Å². The Balaban J connectivity index is 2.63. The zero-order chi connectivity index (χ0) is 12.7. The van der Waals surface area contributed by atoms with Crippen LogP contribution in [-0.4, -0.2) is 60.9 Å². The van der Waals surface area contributed by atoms with Gasteiger partial charge in [-0.2, -0.15) is 10.5 Å². The van der Waals surface area contributed by atoms with Crippen LogP contribution in [0.1, 0.15) is 0 Å². The number of hydrogen-bond donors (Lipinski definition) is 1. The van der Waals surface area contributed by atoms with E-state index in [9.17, 15) is 9.59 Å². The predicted octanol–water partition coefficient (Wildman–Crippen LogP) is -1.71. The van der Waals surface area contributed by atoms with Crippen LogP contribution in [0.25, 0.3) is 0 Å². The number of nitriles is 2. The topological polar surface area (TPSA) is 100 Å². The van der Waals surface area contributed by atoms with Gasteiger partial charge in [0.15, 0.2) is 0 Å². The third-order valence-electron chi connectivity index (χ3n) is 2.40. The van der Waals surface area contributed by atoms with E-state index in [1.54, 1.807) is 12.1 Å². The molecule has 1 N–H and O–H groups in total. The molecule has 0 aromatic heterocycles. The lowest BCUT2D eigenvalue weighted by atomic mass is 10.3. The summed E-state index contributed by atoms with van der Waals surface area (Å²) in [5.41, 5.74) is 0. The van der Waals surface area contributed by atoms with Crippen molar-refractivity contribution >= 4 is 11.8 Å². The summed E-state index contributed by atoms with van der Waals surface area (Å²) in [5.74, 6) is -1.42. The minimum atomic E-state index is -0.782. The second-order valence-electron chi connectivity index (χ2n) is 3.52. The van der Waals surface area contributed by atoms with E-state index in [2.05, 4.69) is 5.32 Å². The van der Waals surface area contributed by atoms with Crippen molar-refractivity contribution in [2.45, 2.75) is 0 Å². The van der Waals surface area contributed by atoms with Crippen molar-refractivity contribution in [1.82, 2.24) is 15.1 Å². The van der Waals surface area contributed by atoms with Crippen LogP contribution in [0.3, 0.4) is 0 Å². The van der Waals surface area contributed by atoms with Gasteiger partial charge < -0.3 is 15.1 Å². The van der Waals surface area contributed by atoms with E-state index < -0.39 is 11.8 Å². The molecule has 1 aliphatic heterocycles. The van der Waals surface area contributed by atoms with Crippen molar-refractivity contribution in [2.24, 2.45) is 0 Å². The fraction of sp³-hybridized carbons (Fsp3) is 0.600. The number of nitrogens with one attached hydrogen (secondary N) is 1. The Labute approximate surface area is 99.2 Å². The molecule has 0 saturated carbocycles. The lowest BCUT2D eigenvalue weighted by Crippen LogP contribution is -2.52. The first kappa shape index (κ1) is 12.9. The van der Waals surface area contributed by atoms with E-state index in [1.165, 1.54) is 4.90 Å². The lowest BCUT2D eigenvalue weighted by Gasteiger charge is -2.28. The molecule has 0 radical (unpaired) electrons. The highest BCUT2D eigenvalue weighted by Crippen LogP contribution is 1.98. The average Bonchev–Trinajstić information content (AvgIpc) is 2.38. The molecule has 0 atom stereocenters. The van der Waals surface area contributed by atoms with Crippen molar-refractivity contribution in [3.63, 3.8) is 0 Å². The van der Waals surface area contributed by atoms with Crippen molar-refractivity contribution in [2.75, 3.05) is 39.3 Å². The van der Waals surface area contributed by atoms with Crippen LogP contribution < -0.4 is 5.32 Å². The number of carbonyl (C=O) groups is 2. The van der Waals surface area contributed by atoms with E-state index in [0.717, 1.165) is 4.90 Å². The molecule has 0 unspecified atom stereocenters. The zero-order valence-electron chi connectivity index (χ0n) is 9.35. The molecule has 0 bridgehead atoms. The van der Waals surface area contributed by atoms with E-state index in [-0.39, 0.29) is 13.1 Å². The van der Waals surface area contributed by atoms with Gasteiger partial charge in [0.1, 0.15) is 13.1 Å². The van der Waals surface area contributed by atoms with Gasteiger partial charge in [0.25, 0.3) is 0 Å².